The number of aromatic nitrogens is 3. The zero-order chi connectivity index (χ0) is 21.5. The summed E-state index contributed by atoms with van der Waals surface area (Å²) < 4.78 is 3.19. The van der Waals surface area contributed by atoms with Crippen LogP contribution in [0, 0.1) is 11.8 Å². The predicted octanol–water partition coefficient (Wildman–Crippen LogP) is 3.82. The van der Waals surface area contributed by atoms with Gasteiger partial charge in [-0.1, -0.05) is 61.7 Å². The number of carboxylic acid groups (broad SMARTS) is 1. The Morgan fingerprint density at radius 2 is 1.87 bits per heavy atom. The molecule has 0 saturated heterocycles. The van der Waals surface area contributed by atoms with Crippen molar-refractivity contribution in [1.82, 2.24) is 14.3 Å². The van der Waals surface area contributed by atoms with E-state index in [1.54, 1.807) is 29.7 Å². The summed E-state index contributed by atoms with van der Waals surface area (Å²) in [6.07, 6.45) is 2.31. The quantitative estimate of drug-likeness (QED) is 0.580. The average molecular weight is 403 g/mol. The third kappa shape index (κ3) is 4.69. The molecule has 3 aromatic rings. The van der Waals surface area contributed by atoms with Gasteiger partial charge in [0, 0.05) is 6.54 Å². The van der Waals surface area contributed by atoms with Gasteiger partial charge < -0.3 is 5.11 Å². The third-order valence-electron chi connectivity index (χ3n) is 4.91. The summed E-state index contributed by atoms with van der Waals surface area (Å²) in [6, 6.07) is 14.5. The van der Waals surface area contributed by atoms with E-state index in [1.807, 2.05) is 30.3 Å². The number of rotatable bonds is 8. The van der Waals surface area contributed by atoms with Crippen molar-refractivity contribution in [1.29, 1.82) is 0 Å². The second kappa shape index (κ2) is 9.75. The molecule has 2 aromatic carbocycles. The zero-order valence-electron chi connectivity index (χ0n) is 17.3. The SMILES string of the molecule is CC#CCc1nn(CCCC)c(=O)n1Cc1ccc(-c2ccccc2C(=O)O)cc1. The van der Waals surface area contributed by atoms with Crippen LogP contribution in [0.1, 0.15) is 48.4 Å². The van der Waals surface area contributed by atoms with Crippen molar-refractivity contribution in [2.75, 3.05) is 0 Å². The van der Waals surface area contributed by atoms with Crippen LogP contribution < -0.4 is 5.69 Å². The largest absolute Gasteiger partial charge is 0.478 e. The first kappa shape index (κ1) is 21.1. The molecule has 0 amide bonds. The summed E-state index contributed by atoms with van der Waals surface area (Å²) in [5.41, 5.74) is 2.56. The molecule has 154 valence electrons. The minimum Gasteiger partial charge on any atom is -0.478 e. The Labute approximate surface area is 175 Å². The highest BCUT2D eigenvalue weighted by atomic mass is 16.4. The fourth-order valence-electron chi connectivity index (χ4n) is 3.29. The van der Waals surface area contributed by atoms with E-state index in [0.717, 1.165) is 24.0 Å². The monoisotopic (exact) mass is 403 g/mol. The maximum atomic E-state index is 12.8. The van der Waals surface area contributed by atoms with E-state index < -0.39 is 5.97 Å². The van der Waals surface area contributed by atoms with Gasteiger partial charge in [-0.15, -0.1) is 5.92 Å². The van der Waals surface area contributed by atoms with Crippen LogP contribution in [0.25, 0.3) is 11.1 Å². The Bertz CT molecular complexity index is 1140. The topological polar surface area (TPSA) is 77.1 Å². The van der Waals surface area contributed by atoms with Crippen molar-refractivity contribution < 1.29 is 9.90 Å². The second-order valence-corrected chi connectivity index (χ2v) is 7.01. The average Bonchev–Trinajstić information content (AvgIpc) is 3.05. The van der Waals surface area contributed by atoms with Gasteiger partial charge in [-0.25, -0.2) is 14.3 Å². The minimum absolute atomic E-state index is 0.128. The van der Waals surface area contributed by atoms with Crippen LogP contribution in [0.2, 0.25) is 0 Å². The molecule has 1 aromatic heterocycles. The molecule has 0 saturated carbocycles. The van der Waals surface area contributed by atoms with Crippen molar-refractivity contribution in [2.45, 2.75) is 46.2 Å². The van der Waals surface area contributed by atoms with E-state index in [-0.39, 0.29) is 11.3 Å². The van der Waals surface area contributed by atoms with Crippen molar-refractivity contribution in [3.8, 4) is 23.0 Å². The van der Waals surface area contributed by atoms with Crippen molar-refractivity contribution in [3.63, 3.8) is 0 Å². The lowest BCUT2D eigenvalue weighted by Gasteiger charge is -2.08. The summed E-state index contributed by atoms with van der Waals surface area (Å²) in [4.78, 5) is 24.3. The van der Waals surface area contributed by atoms with Crippen LogP contribution in [-0.4, -0.2) is 25.4 Å². The molecule has 3 rings (SSSR count). The van der Waals surface area contributed by atoms with Crippen LogP contribution in [0.3, 0.4) is 0 Å². The Morgan fingerprint density at radius 1 is 1.13 bits per heavy atom. The number of unbranched alkanes of at least 4 members (excludes halogenated alkanes) is 1. The van der Waals surface area contributed by atoms with E-state index >= 15 is 0 Å². The molecule has 6 nitrogen and oxygen atoms in total. The highest BCUT2D eigenvalue weighted by Gasteiger charge is 2.14. The molecule has 0 bridgehead atoms. The molecule has 0 radical (unpaired) electrons. The Balaban J connectivity index is 1.90. The van der Waals surface area contributed by atoms with Gasteiger partial charge in [0.05, 0.1) is 18.5 Å². The van der Waals surface area contributed by atoms with Gasteiger partial charge in [0.25, 0.3) is 0 Å². The lowest BCUT2D eigenvalue weighted by Crippen LogP contribution is -2.26. The molecule has 30 heavy (non-hydrogen) atoms. The Hall–Kier alpha value is -3.59. The number of aromatic carboxylic acids is 1. The van der Waals surface area contributed by atoms with Crippen LogP contribution in [0.15, 0.2) is 53.3 Å². The molecule has 0 aliphatic rings. The molecular weight excluding hydrogens is 378 g/mol. The molecular formula is C24H25N3O3. The summed E-state index contributed by atoms with van der Waals surface area (Å²) >= 11 is 0. The molecule has 0 spiro atoms. The molecule has 0 unspecified atom stereocenters. The van der Waals surface area contributed by atoms with Crippen LogP contribution in [0.4, 0.5) is 0 Å². The highest BCUT2D eigenvalue weighted by Crippen LogP contribution is 2.24. The Kier molecular flexibility index (Phi) is 6.87. The number of benzene rings is 2. The third-order valence-corrected chi connectivity index (χ3v) is 4.91. The first-order valence-corrected chi connectivity index (χ1v) is 10.0. The van der Waals surface area contributed by atoms with E-state index in [1.165, 1.54) is 4.68 Å². The zero-order valence-corrected chi connectivity index (χ0v) is 17.3. The van der Waals surface area contributed by atoms with E-state index in [0.29, 0.717) is 30.9 Å². The van der Waals surface area contributed by atoms with Gasteiger partial charge in [0.15, 0.2) is 0 Å². The molecule has 0 aliphatic heterocycles. The number of carbonyl (C=O) groups is 1. The van der Waals surface area contributed by atoms with Crippen LogP contribution in [0.5, 0.6) is 0 Å². The second-order valence-electron chi connectivity index (χ2n) is 7.01. The molecule has 1 N–H and O–H groups in total. The molecule has 0 fully saturated rings. The van der Waals surface area contributed by atoms with E-state index in [9.17, 15) is 14.7 Å². The van der Waals surface area contributed by atoms with Crippen molar-refractivity contribution in [3.05, 3.63) is 76.0 Å². The lowest BCUT2D eigenvalue weighted by molar-refractivity contribution is 0.0697. The molecule has 0 atom stereocenters. The normalized spacial score (nSPS) is 10.5. The lowest BCUT2D eigenvalue weighted by atomic mass is 9.99. The summed E-state index contributed by atoms with van der Waals surface area (Å²) in [5, 5.41) is 13.9. The number of carboxylic acids is 1. The van der Waals surface area contributed by atoms with Gasteiger partial charge in [0.1, 0.15) is 5.82 Å². The highest BCUT2D eigenvalue weighted by molar-refractivity contribution is 5.95. The first-order valence-electron chi connectivity index (χ1n) is 10.0. The predicted molar refractivity (Wildman–Crippen MR) is 116 cm³/mol. The standard InChI is InChI=1S/C24H25N3O3/c1-3-5-11-22-25-27(16-6-4-2)24(30)26(22)17-18-12-14-19(15-13-18)20-9-7-8-10-21(20)23(28)29/h7-10,12-15H,4,6,11,16-17H2,1-2H3,(H,28,29). The van der Waals surface area contributed by atoms with E-state index in [4.69, 9.17) is 0 Å². The van der Waals surface area contributed by atoms with Gasteiger partial charge in [-0.3, -0.25) is 4.57 Å². The van der Waals surface area contributed by atoms with Gasteiger partial charge in [-0.05, 0) is 36.1 Å². The fourth-order valence-corrected chi connectivity index (χ4v) is 3.29. The maximum absolute atomic E-state index is 12.8. The number of hydrogen-bond donors (Lipinski definition) is 1. The molecule has 0 aliphatic carbocycles. The molecule has 6 heteroatoms. The van der Waals surface area contributed by atoms with Gasteiger partial charge >= 0.3 is 11.7 Å². The smallest absolute Gasteiger partial charge is 0.346 e. The minimum atomic E-state index is -0.956. The first-order chi connectivity index (χ1) is 14.5. The Morgan fingerprint density at radius 3 is 2.53 bits per heavy atom. The number of nitrogens with zero attached hydrogens (tertiary/aromatic N) is 3. The van der Waals surface area contributed by atoms with Crippen LogP contribution >= 0.6 is 0 Å². The number of aryl methyl sites for hydroxylation is 1. The summed E-state index contributed by atoms with van der Waals surface area (Å²) in [5.74, 6) is 5.55. The summed E-state index contributed by atoms with van der Waals surface area (Å²) in [6.45, 7) is 4.84. The molecule has 1 heterocycles. The van der Waals surface area contributed by atoms with Gasteiger partial charge in [-0.2, -0.15) is 5.10 Å². The van der Waals surface area contributed by atoms with Crippen molar-refractivity contribution >= 4 is 5.97 Å². The maximum Gasteiger partial charge on any atom is 0.346 e. The fraction of sp³-hybridized carbons (Fsp3) is 0.292. The van der Waals surface area contributed by atoms with E-state index in [2.05, 4.69) is 23.9 Å². The summed E-state index contributed by atoms with van der Waals surface area (Å²) in [7, 11) is 0. The van der Waals surface area contributed by atoms with Crippen molar-refractivity contribution in [2.24, 2.45) is 0 Å². The van der Waals surface area contributed by atoms with Crippen LogP contribution in [-0.2, 0) is 19.5 Å². The van der Waals surface area contributed by atoms with Gasteiger partial charge in [0.2, 0.25) is 0 Å². The number of hydrogen-bond acceptors (Lipinski definition) is 3.